The van der Waals surface area contributed by atoms with Crippen LogP contribution in [0.4, 0.5) is 5.82 Å². The molecule has 8 nitrogen and oxygen atoms in total. The number of ether oxygens (including phenoxy) is 2. The summed E-state index contributed by atoms with van der Waals surface area (Å²) in [7, 11) is 1.79. The number of nitrogens with zero attached hydrogens (tertiary/aromatic N) is 4. The number of hydrogen-bond donors (Lipinski definition) is 2. The number of fused-ring (bicyclic) bond motifs is 1. The van der Waals surface area contributed by atoms with Crippen LogP contribution in [0.2, 0.25) is 0 Å². The SMILES string of the molecule is CCN1CCN(c2cc(CNC(=NC)NCCc3ccc4c(c3)OCO4)ccn2)CC1.I. The fourth-order valence-electron chi connectivity index (χ4n) is 3.86. The standard InChI is InChI=1S/C23H32N6O2.HI/c1-3-28-10-12-29(13-11-28)22-15-19(7-8-25-22)16-27-23(24-2)26-9-6-18-4-5-20-21(14-18)31-17-30-20;/h4-5,7-8,14-15H,3,6,9-13,16-17H2,1-2H3,(H2,24,26,27);1H. The van der Waals surface area contributed by atoms with Gasteiger partial charge in [0.15, 0.2) is 17.5 Å². The highest BCUT2D eigenvalue weighted by Gasteiger charge is 2.17. The van der Waals surface area contributed by atoms with Gasteiger partial charge in [-0.25, -0.2) is 4.98 Å². The topological polar surface area (TPSA) is 74.2 Å². The lowest BCUT2D eigenvalue weighted by Crippen LogP contribution is -2.46. The number of guanidine groups is 1. The molecule has 0 aliphatic carbocycles. The summed E-state index contributed by atoms with van der Waals surface area (Å²) in [6, 6.07) is 10.3. The molecule has 0 unspecified atom stereocenters. The van der Waals surface area contributed by atoms with Crippen molar-refractivity contribution in [3.63, 3.8) is 0 Å². The average molecular weight is 552 g/mol. The van der Waals surface area contributed by atoms with Crippen molar-refractivity contribution in [1.82, 2.24) is 20.5 Å². The van der Waals surface area contributed by atoms with Crippen molar-refractivity contribution in [3.05, 3.63) is 47.7 Å². The number of anilines is 1. The first-order valence-electron chi connectivity index (χ1n) is 11.0. The number of aromatic nitrogens is 1. The van der Waals surface area contributed by atoms with Gasteiger partial charge in [-0.05, 0) is 48.4 Å². The summed E-state index contributed by atoms with van der Waals surface area (Å²) in [5.41, 5.74) is 2.40. The third-order valence-corrected chi connectivity index (χ3v) is 5.78. The molecule has 0 spiro atoms. The van der Waals surface area contributed by atoms with Crippen LogP contribution in [0.1, 0.15) is 18.1 Å². The van der Waals surface area contributed by atoms with Crippen molar-refractivity contribution in [2.45, 2.75) is 19.9 Å². The predicted molar refractivity (Wildman–Crippen MR) is 138 cm³/mol. The Bertz CT molecular complexity index is 902. The molecule has 0 amide bonds. The molecule has 1 saturated heterocycles. The van der Waals surface area contributed by atoms with Gasteiger partial charge in [-0.2, -0.15) is 0 Å². The molecule has 174 valence electrons. The van der Waals surface area contributed by atoms with Gasteiger partial charge in [0, 0.05) is 52.5 Å². The largest absolute Gasteiger partial charge is 0.454 e. The highest BCUT2D eigenvalue weighted by Crippen LogP contribution is 2.32. The molecule has 0 saturated carbocycles. The minimum atomic E-state index is 0. The van der Waals surface area contributed by atoms with Gasteiger partial charge in [-0.3, -0.25) is 4.99 Å². The van der Waals surface area contributed by atoms with Gasteiger partial charge in [0.05, 0.1) is 0 Å². The minimum absolute atomic E-state index is 0. The van der Waals surface area contributed by atoms with Crippen molar-refractivity contribution in [1.29, 1.82) is 0 Å². The summed E-state index contributed by atoms with van der Waals surface area (Å²) in [6.45, 7) is 9.38. The normalized spacial score (nSPS) is 15.9. The van der Waals surface area contributed by atoms with E-state index in [1.54, 1.807) is 7.05 Å². The fourth-order valence-corrected chi connectivity index (χ4v) is 3.86. The Hall–Kier alpha value is -2.27. The zero-order valence-corrected chi connectivity index (χ0v) is 21.2. The van der Waals surface area contributed by atoms with E-state index in [1.807, 2.05) is 18.3 Å². The van der Waals surface area contributed by atoms with Crippen LogP contribution in [0.15, 0.2) is 41.5 Å². The van der Waals surface area contributed by atoms with E-state index in [0.717, 1.165) is 69.0 Å². The lowest BCUT2D eigenvalue weighted by atomic mass is 10.1. The van der Waals surface area contributed by atoms with Crippen molar-refractivity contribution < 1.29 is 9.47 Å². The van der Waals surface area contributed by atoms with Crippen LogP contribution in [-0.2, 0) is 13.0 Å². The summed E-state index contributed by atoms with van der Waals surface area (Å²) >= 11 is 0. The quantitative estimate of drug-likeness (QED) is 0.311. The van der Waals surface area contributed by atoms with Gasteiger partial charge in [0.2, 0.25) is 6.79 Å². The highest BCUT2D eigenvalue weighted by atomic mass is 127. The van der Waals surface area contributed by atoms with Crippen LogP contribution in [0.5, 0.6) is 11.5 Å². The molecule has 1 aromatic heterocycles. The molecule has 2 aromatic rings. The summed E-state index contributed by atoms with van der Waals surface area (Å²) in [6.07, 6.45) is 2.77. The van der Waals surface area contributed by atoms with E-state index in [0.29, 0.717) is 13.3 Å². The number of piperazine rings is 1. The number of rotatable bonds is 7. The predicted octanol–water partition coefficient (Wildman–Crippen LogP) is 2.48. The molecule has 32 heavy (non-hydrogen) atoms. The molecule has 1 fully saturated rings. The van der Waals surface area contributed by atoms with Crippen molar-refractivity contribution in [2.24, 2.45) is 4.99 Å². The number of likely N-dealkylation sites (N-methyl/N-ethyl adjacent to an activating group) is 1. The first kappa shape index (κ1) is 24.4. The monoisotopic (exact) mass is 552 g/mol. The number of benzene rings is 1. The minimum Gasteiger partial charge on any atom is -0.454 e. The molecule has 4 rings (SSSR count). The average Bonchev–Trinajstić information content (AvgIpc) is 3.29. The van der Waals surface area contributed by atoms with E-state index in [1.165, 1.54) is 11.1 Å². The Balaban J connectivity index is 0.00000289. The zero-order chi connectivity index (χ0) is 21.5. The first-order valence-corrected chi connectivity index (χ1v) is 11.0. The Kier molecular flexibility index (Phi) is 9.22. The molecule has 2 aliphatic rings. The van der Waals surface area contributed by atoms with Crippen molar-refractivity contribution in [2.75, 3.05) is 58.0 Å². The number of hydrogen-bond acceptors (Lipinski definition) is 6. The maximum absolute atomic E-state index is 5.45. The summed E-state index contributed by atoms with van der Waals surface area (Å²) in [5, 5.41) is 6.78. The number of pyridine rings is 1. The number of nitrogens with one attached hydrogen (secondary N) is 2. The first-order chi connectivity index (χ1) is 15.2. The molecule has 0 atom stereocenters. The molecular weight excluding hydrogens is 519 g/mol. The molecule has 1 aromatic carbocycles. The van der Waals surface area contributed by atoms with E-state index in [-0.39, 0.29) is 24.0 Å². The van der Waals surface area contributed by atoms with E-state index < -0.39 is 0 Å². The Labute approximate surface area is 207 Å². The van der Waals surface area contributed by atoms with Crippen LogP contribution in [0.25, 0.3) is 0 Å². The van der Waals surface area contributed by atoms with E-state index in [9.17, 15) is 0 Å². The third-order valence-electron chi connectivity index (χ3n) is 5.78. The Morgan fingerprint density at radius 1 is 1.03 bits per heavy atom. The summed E-state index contributed by atoms with van der Waals surface area (Å²) in [4.78, 5) is 13.8. The van der Waals surface area contributed by atoms with E-state index >= 15 is 0 Å². The molecule has 2 N–H and O–H groups in total. The molecule has 9 heteroatoms. The van der Waals surface area contributed by atoms with Crippen LogP contribution in [0, 0.1) is 0 Å². The van der Waals surface area contributed by atoms with Crippen LogP contribution < -0.4 is 25.0 Å². The third kappa shape index (κ3) is 6.38. The van der Waals surface area contributed by atoms with Gasteiger partial charge >= 0.3 is 0 Å². The Morgan fingerprint density at radius 2 is 1.84 bits per heavy atom. The van der Waals surface area contributed by atoms with E-state index in [4.69, 9.17) is 9.47 Å². The highest BCUT2D eigenvalue weighted by molar-refractivity contribution is 14.0. The second kappa shape index (κ2) is 12.1. The molecule has 0 radical (unpaired) electrons. The second-order valence-corrected chi connectivity index (χ2v) is 7.73. The van der Waals surface area contributed by atoms with Gasteiger partial charge in [0.25, 0.3) is 0 Å². The van der Waals surface area contributed by atoms with Crippen LogP contribution >= 0.6 is 24.0 Å². The summed E-state index contributed by atoms with van der Waals surface area (Å²) in [5.74, 6) is 3.49. The maximum atomic E-state index is 5.45. The smallest absolute Gasteiger partial charge is 0.231 e. The van der Waals surface area contributed by atoms with Gasteiger partial charge in [-0.1, -0.05) is 13.0 Å². The fraction of sp³-hybridized carbons (Fsp3) is 0.478. The van der Waals surface area contributed by atoms with Crippen LogP contribution in [-0.4, -0.2) is 69.0 Å². The second-order valence-electron chi connectivity index (χ2n) is 7.73. The van der Waals surface area contributed by atoms with E-state index in [2.05, 4.69) is 55.5 Å². The summed E-state index contributed by atoms with van der Waals surface area (Å²) < 4.78 is 10.8. The maximum Gasteiger partial charge on any atom is 0.231 e. The van der Waals surface area contributed by atoms with Gasteiger partial charge < -0.3 is 29.9 Å². The van der Waals surface area contributed by atoms with Crippen molar-refractivity contribution in [3.8, 4) is 11.5 Å². The zero-order valence-electron chi connectivity index (χ0n) is 18.8. The molecule has 0 bridgehead atoms. The van der Waals surface area contributed by atoms with Crippen LogP contribution in [0.3, 0.4) is 0 Å². The lowest BCUT2D eigenvalue weighted by molar-refractivity contribution is 0.174. The number of aliphatic imine (C=N–C) groups is 1. The molecular formula is C23H33IN6O2. The lowest BCUT2D eigenvalue weighted by Gasteiger charge is -2.34. The Morgan fingerprint density at radius 3 is 2.62 bits per heavy atom. The molecule has 2 aliphatic heterocycles. The molecule has 3 heterocycles. The number of halogens is 1. The van der Waals surface area contributed by atoms with Crippen molar-refractivity contribution >= 4 is 35.8 Å². The van der Waals surface area contributed by atoms with Gasteiger partial charge in [-0.15, -0.1) is 24.0 Å². The van der Waals surface area contributed by atoms with Gasteiger partial charge in [0.1, 0.15) is 5.82 Å².